The Bertz CT molecular complexity index is 960. The van der Waals surface area contributed by atoms with Crippen LogP contribution in [0.1, 0.15) is 12.2 Å². The van der Waals surface area contributed by atoms with Crippen LogP contribution in [-0.2, 0) is 6.42 Å². The average Bonchev–Trinajstić information content (AvgIpc) is 3.03. The van der Waals surface area contributed by atoms with Crippen LogP contribution in [0.4, 0.5) is 0 Å². The lowest BCUT2D eigenvalue weighted by atomic mass is 10.1. The topological polar surface area (TPSA) is 37.9 Å². The van der Waals surface area contributed by atoms with Gasteiger partial charge < -0.3 is 9.72 Å². The molecule has 3 aromatic carbocycles. The highest BCUT2D eigenvalue weighted by atomic mass is 35.5. The van der Waals surface area contributed by atoms with Crippen molar-refractivity contribution in [1.82, 2.24) is 9.97 Å². The third-order valence-corrected chi connectivity index (χ3v) is 4.41. The number of imidazole rings is 1. The summed E-state index contributed by atoms with van der Waals surface area (Å²) in [6.45, 7) is 0.642. The molecule has 24 heavy (non-hydrogen) atoms. The van der Waals surface area contributed by atoms with Gasteiger partial charge in [-0.3, -0.25) is 0 Å². The minimum Gasteiger partial charge on any atom is -0.493 e. The molecule has 4 heteroatoms. The van der Waals surface area contributed by atoms with E-state index in [9.17, 15) is 0 Å². The van der Waals surface area contributed by atoms with E-state index in [-0.39, 0.29) is 0 Å². The van der Waals surface area contributed by atoms with Gasteiger partial charge in [0, 0.05) is 22.2 Å². The molecule has 120 valence electrons. The van der Waals surface area contributed by atoms with Crippen LogP contribution >= 0.6 is 11.6 Å². The van der Waals surface area contributed by atoms with Crippen LogP contribution in [0.15, 0.2) is 60.7 Å². The number of H-pyrrole nitrogens is 1. The maximum Gasteiger partial charge on any atom is 0.127 e. The summed E-state index contributed by atoms with van der Waals surface area (Å²) in [6.07, 6.45) is 1.76. The van der Waals surface area contributed by atoms with Crippen LogP contribution in [-0.4, -0.2) is 16.6 Å². The zero-order valence-electron chi connectivity index (χ0n) is 13.1. The average molecular weight is 337 g/mol. The van der Waals surface area contributed by atoms with Crippen LogP contribution < -0.4 is 4.74 Å². The number of rotatable bonds is 5. The molecule has 0 aliphatic carbocycles. The Hall–Kier alpha value is -2.52. The maximum absolute atomic E-state index is 6.24. The van der Waals surface area contributed by atoms with Gasteiger partial charge in [-0.1, -0.05) is 48.0 Å². The Morgan fingerprint density at radius 2 is 1.71 bits per heavy atom. The first-order chi connectivity index (χ1) is 11.8. The number of halogens is 1. The van der Waals surface area contributed by atoms with Crippen LogP contribution in [0.2, 0.25) is 5.02 Å². The molecule has 0 amide bonds. The second-order valence-electron chi connectivity index (χ2n) is 5.74. The summed E-state index contributed by atoms with van der Waals surface area (Å²) in [7, 11) is 0. The van der Waals surface area contributed by atoms with Crippen molar-refractivity contribution < 1.29 is 4.74 Å². The van der Waals surface area contributed by atoms with Crippen LogP contribution in [0.5, 0.6) is 5.75 Å². The normalized spacial score (nSPS) is 11.2. The summed E-state index contributed by atoms with van der Waals surface area (Å²) in [5.41, 5.74) is 2.09. The summed E-state index contributed by atoms with van der Waals surface area (Å²) in [6, 6.07) is 19.9. The van der Waals surface area contributed by atoms with E-state index in [0.29, 0.717) is 6.61 Å². The highest BCUT2D eigenvalue weighted by Gasteiger charge is 2.06. The molecule has 0 aliphatic rings. The summed E-state index contributed by atoms with van der Waals surface area (Å²) in [4.78, 5) is 7.94. The maximum atomic E-state index is 6.24. The fourth-order valence-corrected chi connectivity index (χ4v) is 3.13. The molecule has 0 spiro atoms. The van der Waals surface area contributed by atoms with Gasteiger partial charge in [0.2, 0.25) is 0 Å². The van der Waals surface area contributed by atoms with Gasteiger partial charge in [0.15, 0.2) is 0 Å². The summed E-state index contributed by atoms with van der Waals surface area (Å²) < 4.78 is 5.97. The highest BCUT2D eigenvalue weighted by Crippen LogP contribution is 2.31. The van der Waals surface area contributed by atoms with Gasteiger partial charge in [0.1, 0.15) is 11.6 Å². The standard InChI is InChI=1S/C20H17ClN2O/c21-16-11-12-19(15-7-2-1-6-14(15)16)24-13-5-10-20-22-17-8-3-4-9-18(17)23-20/h1-4,6-9,11-12H,5,10,13H2,(H,22,23). The molecule has 3 nitrogen and oxygen atoms in total. The number of para-hydroxylation sites is 2. The first-order valence-corrected chi connectivity index (χ1v) is 8.43. The molecular formula is C20H17ClN2O. The lowest BCUT2D eigenvalue weighted by Gasteiger charge is -2.10. The Morgan fingerprint density at radius 1 is 0.917 bits per heavy atom. The van der Waals surface area contributed by atoms with E-state index in [4.69, 9.17) is 16.3 Å². The van der Waals surface area contributed by atoms with Crippen LogP contribution in [0.25, 0.3) is 21.8 Å². The van der Waals surface area contributed by atoms with Crippen molar-refractivity contribution in [2.24, 2.45) is 0 Å². The zero-order chi connectivity index (χ0) is 16.4. The predicted octanol–water partition coefficient (Wildman–Crippen LogP) is 5.38. The second-order valence-corrected chi connectivity index (χ2v) is 6.15. The van der Waals surface area contributed by atoms with E-state index in [1.54, 1.807) is 0 Å². The molecule has 4 rings (SSSR count). The fraction of sp³-hybridized carbons (Fsp3) is 0.150. The van der Waals surface area contributed by atoms with E-state index in [2.05, 4.69) is 9.97 Å². The smallest absolute Gasteiger partial charge is 0.127 e. The number of benzene rings is 3. The van der Waals surface area contributed by atoms with Gasteiger partial charge in [0.25, 0.3) is 0 Å². The SMILES string of the molecule is Clc1ccc(OCCCc2nc3ccccc3[nH]2)c2ccccc12. The van der Waals surface area contributed by atoms with Crippen molar-refractivity contribution in [3.63, 3.8) is 0 Å². The van der Waals surface area contributed by atoms with Gasteiger partial charge in [-0.05, 0) is 30.7 Å². The van der Waals surface area contributed by atoms with Crippen molar-refractivity contribution in [2.45, 2.75) is 12.8 Å². The summed E-state index contributed by atoms with van der Waals surface area (Å²) >= 11 is 6.24. The van der Waals surface area contributed by atoms with Gasteiger partial charge in [-0.15, -0.1) is 0 Å². The van der Waals surface area contributed by atoms with Crippen LogP contribution in [0.3, 0.4) is 0 Å². The molecule has 0 radical (unpaired) electrons. The molecule has 0 atom stereocenters. The largest absolute Gasteiger partial charge is 0.493 e. The first-order valence-electron chi connectivity index (χ1n) is 8.05. The number of fused-ring (bicyclic) bond motifs is 2. The van der Waals surface area contributed by atoms with E-state index in [1.807, 2.05) is 60.7 Å². The number of aromatic nitrogens is 2. The van der Waals surface area contributed by atoms with Crippen LogP contribution in [0, 0.1) is 0 Å². The minimum atomic E-state index is 0.642. The molecule has 4 aromatic rings. The Morgan fingerprint density at radius 3 is 2.58 bits per heavy atom. The van der Waals surface area contributed by atoms with Gasteiger partial charge in [-0.2, -0.15) is 0 Å². The third-order valence-electron chi connectivity index (χ3n) is 4.08. The van der Waals surface area contributed by atoms with E-state index < -0.39 is 0 Å². The van der Waals surface area contributed by atoms with Crippen molar-refractivity contribution in [3.8, 4) is 5.75 Å². The molecule has 0 saturated heterocycles. The number of nitrogens with one attached hydrogen (secondary N) is 1. The predicted molar refractivity (Wildman–Crippen MR) is 98.9 cm³/mol. The molecular weight excluding hydrogens is 320 g/mol. The molecule has 0 fully saturated rings. The van der Waals surface area contributed by atoms with Crippen molar-refractivity contribution in [3.05, 3.63) is 71.5 Å². The van der Waals surface area contributed by atoms with E-state index >= 15 is 0 Å². The second kappa shape index (κ2) is 6.54. The minimum absolute atomic E-state index is 0.642. The monoisotopic (exact) mass is 336 g/mol. The van der Waals surface area contributed by atoms with E-state index in [1.165, 1.54) is 0 Å². The number of nitrogens with zero attached hydrogens (tertiary/aromatic N) is 1. The lowest BCUT2D eigenvalue weighted by molar-refractivity contribution is 0.313. The van der Waals surface area contributed by atoms with Gasteiger partial charge in [0.05, 0.1) is 17.6 Å². The zero-order valence-corrected chi connectivity index (χ0v) is 13.9. The fourth-order valence-electron chi connectivity index (χ4n) is 2.91. The Balaban J connectivity index is 1.42. The third kappa shape index (κ3) is 2.95. The lowest BCUT2D eigenvalue weighted by Crippen LogP contribution is -2.00. The van der Waals surface area contributed by atoms with Crippen molar-refractivity contribution in [2.75, 3.05) is 6.61 Å². The number of aromatic amines is 1. The Labute approximate surface area is 145 Å². The number of hydrogen-bond acceptors (Lipinski definition) is 2. The van der Waals surface area contributed by atoms with Gasteiger partial charge >= 0.3 is 0 Å². The molecule has 0 unspecified atom stereocenters. The summed E-state index contributed by atoms with van der Waals surface area (Å²) in [5, 5.41) is 2.82. The van der Waals surface area contributed by atoms with Crippen molar-refractivity contribution in [1.29, 1.82) is 0 Å². The molecule has 1 N–H and O–H groups in total. The summed E-state index contributed by atoms with van der Waals surface area (Å²) in [5.74, 6) is 1.88. The highest BCUT2D eigenvalue weighted by molar-refractivity contribution is 6.35. The van der Waals surface area contributed by atoms with E-state index in [0.717, 1.165) is 51.2 Å². The Kier molecular flexibility index (Phi) is 4.09. The number of ether oxygens (including phenoxy) is 1. The number of hydrogen-bond donors (Lipinski definition) is 1. The van der Waals surface area contributed by atoms with Gasteiger partial charge in [-0.25, -0.2) is 4.98 Å². The molecule has 0 bridgehead atoms. The quantitative estimate of drug-likeness (QED) is 0.497. The molecule has 1 aromatic heterocycles. The van der Waals surface area contributed by atoms with Crippen molar-refractivity contribution >= 4 is 33.4 Å². The molecule has 0 aliphatic heterocycles. The number of aryl methyl sites for hydroxylation is 1. The molecule has 0 saturated carbocycles. The first kappa shape index (κ1) is 15.0. The molecule has 1 heterocycles.